The predicted molar refractivity (Wildman–Crippen MR) is 114 cm³/mol. The Morgan fingerprint density at radius 2 is 1.61 bits per heavy atom. The van der Waals surface area contributed by atoms with Crippen molar-refractivity contribution >= 4 is 17.7 Å². The Morgan fingerprint density at radius 3 is 2.21 bits per heavy atom. The molecular weight excluding hydrogens is 372 g/mol. The number of rotatable bonds is 4. The van der Waals surface area contributed by atoms with Crippen molar-refractivity contribution in [1.29, 1.82) is 0 Å². The number of benzene rings is 2. The molecule has 5 heteroatoms. The number of halogens is 1. The first-order valence-corrected chi connectivity index (χ1v) is 10.2. The first-order chi connectivity index (χ1) is 13.3. The number of piperazine rings is 1. The molecule has 0 spiro atoms. The fourth-order valence-electron chi connectivity index (χ4n) is 3.55. The van der Waals surface area contributed by atoms with Crippen LogP contribution in [0.4, 0.5) is 4.79 Å². The van der Waals surface area contributed by atoms with Crippen LogP contribution >= 0.6 is 11.6 Å². The number of nitrogens with zero attached hydrogens (tertiary/aromatic N) is 2. The van der Waals surface area contributed by atoms with Crippen LogP contribution < -0.4 is 0 Å². The highest BCUT2D eigenvalue weighted by atomic mass is 35.5. The van der Waals surface area contributed by atoms with Crippen molar-refractivity contribution < 1.29 is 9.53 Å². The van der Waals surface area contributed by atoms with E-state index in [1.54, 1.807) is 4.90 Å². The van der Waals surface area contributed by atoms with Gasteiger partial charge in [-0.1, -0.05) is 60.1 Å². The normalized spacial score (nSPS) is 16.6. The van der Waals surface area contributed by atoms with E-state index < -0.39 is 5.60 Å². The molecule has 0 saturated carbocycles. The van der Waals surface area contributed by atoms with E-state index in [9.17, 15) is 4.79 Å². The van der Waals surface area contributed by atoms with Crippen molar-refractivity contribution in [3.63, 3.8) is 0 Å². The highest BCUT2D eigenvalue weighted by Gasteiger charge is 2.29. The van der Waals surface area contributed by atoms with Gasteiger partial charge in [0.1, 0.15) is 5.60 Å². The Balaban J connectivity index is 1.72. The van der Waals surface area contributed by atoms with E-state index in [1.807, 2.05) is 45.0 Å². The quantitative estimate of drug-likeness (QED) is 0.709. The van der Waals surface area contributed by atoms with Gasteiger partial charge in [0.05, 0.1) is 0 Å². The van der Waals surface area contributed by atoms with Gasteiger partial charge in [0, 0.05) is 37.2 Å². The fourth-order valence-corrected chi connectivity index (χ4v) is 3.76. The summed E-state index contributed by atoms with van der Waals surface area (Å²) in [6, 6.07) is 18.8. The Labute approximate surface area is 173 Å². The van der Waals surface area contributed by atoms with Crippen molar-refractivity contribution in [2.75, 3.05) is 26.2 Å². The molecule has 1 fully saturated rings. The van der Waals surface area contributed by atoms with E-state index in [1.165, 1.54) is 5.56 Å². The van der Waals surface area contributed by atoms with E-state index in [0.29, 0.717) is 13.1 Å². The van der Waals surface area contributed by atoms with Crippen molar-refractivity contribution in [1.82, 2.24) is 9.80 Å². The summed E-state index contributed by atoms with van der Waals surface area (Å²) in [6.45, 7) is 8.65. The Morgan fingerprint density at radius 1 is 1.00 bits per heavy atom. The lowest BCUT2D eigenvalue weighted by Crippen LogP contribution is -2.51. The summed E-state index contributed by atoms with van der Waals surface area (Å²) in [4.78, 5) is 16.6. The third kappa shape index (κ3) is 5.49. The van der Waals surface area contributed by atoms with Gasteiger partial charge in [-0.2, -0.15) is 0 Å². The molecule has 3 rings (SSSR count). The summed E-state index contributed by atoms with van der Waals surface area (Å²) in [5, 5.41) is 0.802. The van der Waals surface area contributed by atoms with E-state index in [-0.39, 0.29) is 12.1 Å². The van der Waals surface area contributed by atoms with Crippen LogP contribution in [-0.4, -0.2) is 47.7 Å². The van der Waals surface area contributed by atoms with Crippen LogP contribution in [0.2, 0.25) is 5.02 Å². The summed E-state index contributed by atoms with van der Waals surface area (Å²) in [5.41, 5.74) is 1.95. The standard InChI is InChI=1S/C23H29ClN2O2/c1-23(2,3)28-22(27)26-15-13-25(14-16-26)21(18-9-5-4-6-10-18)17-19-11-7-8-12-20(19)24/h4-12,21H,13-17H2,1-3H3. The van der Waals surface area contributed by atoms with Crippen LogP contribution in [0, 0.1) is 0 Å². The first-order valence-electron chi connectivity index (χ1n) is 9.84. The molecule has 0 N–H and O–H groups in total. The van der Waals surface area contributed by atoms with Gasteiger partial charge in [-0.05, 0) is 44.4 Å². The molecule has 2 aromatic rings. The molecule has 1 atom stereocenters. The van der Waals surface area contributed by atoms with Gasteiger partial charge in [0.25, 0.3) is 0 Å². The molecule has 4 nitrogen and oxygen atoms in total. The monoisotopic (exact) mass is 400 g/mol. The largest absolute Gasteiger partial charge is 0.444 e. The number of amides is 1. The number of carbonyl (C=O) groups is 1. The zero-order valence-corrected chi connectivity index (χ0v) is 17.7. The van der Waals surface area contributed by atoms with Crippen LogP contribution in [0.3, 0.4) is 0 Å². The van der Waals surface area contributed by atoms with Gasteiger partial charge in [0.2, 0.25) is 0 Å². The number of ether oxygens (including phenoxy) is 1. The minimum absolute atomic E-state index is 0.224. The summed E-state index contributed by atoms with van der Waals surface area (Å²) in [6.07, 6.45) is 0.616. The molecule has 1 aliphatic heterocycles. The molecule has 1 saturated heterocycles. The van der Waals surface area contributed by atoms with Crippen molar-refractivity contribution in [2.24, 2.45) is 0 Å². The van der Waals surface area contributed by atoms with Crippen LogP contribution in [0.15, 0.2) is 54.6 Å². The van der Waals surface area contributed by atoms with Crippen LogP contribution in [0.5, 0.6) is 0 Å². The molecule has 1 aliphatic rings. The van der Waals surface area contributed by atoms with E-state index in [0.717, 1.165) is 30.1 Å². The maximum atomic E-state index is 12.4. The van der Waals surface area contributed by atoms with Crippen LogP contribution in [-0.2, 0) is 11.2 Å². The first kappa shape index (κ1) is 20.7. The molecule has 1 unspecified atom stereocenters. The summed E-state index contributed by atoms with van der Waals surface area (Å²) in [5.74, 6) is 0. The lowest BCUT2D eigenvalue weighted by atomic mass is 9.96. The molecule has 28 heavy (non-hydrogen) atoms. The molecule has 1 amide bonds. The highest BCUT2D eigenvalue weighted by molar-refractivity contribution is 6.31. The van der Waals surface area contributed by atoms with Gasteiger partial charge >= 0.3 is 6.09 Å². The average molecular weight is 401 g/mol. The van der Waals surface area contributed by atoms with Crippen LogP contribution in [0.1, 0.15) is 37.9 Å². The lowest BCUT2D eigenvalue weighted by Gasteiger charge is -2.40. The lowest BCUT2D eigenvalue weighted by molar-refractivity contribution is 0.0102. The molecule has 0 aliphatic carbocycles. The zero-order chi connectivity index (χ0) is 20.1. The van der Waals surface area contributed by atoms with Gasteiger partial charge in [-0.25, -0.2) is 4.79 Å². The SMILES string of the molecule is CC(C)(C)OC(=O)N1CCN(C(Cc2ccccc2Cl)c2ccccc2)CC1. The molecule has 150 valence electrons. The molecule has 1 heterocycles. The smallest absolute Gasteiger partial charge is 0.410 e. The molecule has 0 aromatic heterocycles. The molecular formula is C23H29ClN2O2. The van der Waals surface area contributed by atoms with E-state index >= 15 is 0 Å². The maximum Gasteiger partial charge on any atom is 0.410 e. The Bertz CT molecular complexity index is 781. The summed E-state index contributed by atoms with van der Waals surface area (Å²) < 4.78 is 5.52. The second-order valence-corrected chi connectivity index (χ2v) is 8.63. The number of carbonyl (C=O) groups excluding carboxylic acids is 1. The van der Waals surface area contributed by atoms with Gasteiger partial charge < -0.3 is 9.64 Å². The van der Waals surface area contributed by atoms with Gasteiger partial charge in [-0.3, -0.25) is 4.90 Å². The third-order valence-electron chi connectivity index (χ3n) is 4.96. The highest BCUT2D eigenvalue weighted by Crippen LogP contribution is 2.29. The van der Waals surface area contributed by atoms with Gasteiger partial charge in [0.15, 0.2) is 0 Å². The second-order valence-electron chi connectivity index (χ2n) is 8.23. The summed E-state index contributed by atoms with van der Waals surface area (Å²) in [7, 11) is 0. The minimum Gasteiger partial charge on any atom is -0.444 e. The number of hydrogen-bond donors (Lipinski definition) is 0. The molecule has 2 aromatic carbocycles. The third-order valence-corrected chi connectivity index (χ3v) is 5.33. The zero-order valence-electron chi connectivity index (χ0n) is 16.9. The molecule has 0 radical (unpaired) electrons. The van der Waals surface area contributed by atoms with Crippen molar-refractivity contribution in [3.8, 4) is 0 Å². The topological polar surface area (TPSA) is 32.8 Å². The van der Waals surface area contributed by atoms with Gasteiger partial charge in [-0.15, -0.1) is 0 Å². The minimum atomic E-state index is -0.467. The van der Waals surface area contributed by atoms with Crippen molar-refractivity contribution in [2.45, 2.75) is 38.8 Å². The second kappa shape index (κ2) is 8.97. The molecule has 0 bridgehead atoms. The van der Waals surface area contributed by atoms with Crippen molar-refractivity contribution in [3.05, 3.63) is 70.7 Å². The number of hydrogen-bond acceptors (Lipinski definition) is 3. The van der Waals surface area contributed by atoms with E-state index in [4.69, 9.17) is 16.3 Å². The maximum absolute atomic E-state index is 12.4. The summed E-state index contributed by atoms with van der Waals surface area (Å²) >= 11 is 6.43. The predicted octanol–water partition coefficient (Wildman–Crippen LogP) is 5.18. The Kier molecular flexibility index (Phi) is 6.63. The fraction of sp³-hybridized carbons (Fsp3) is 0.435. The van der Waals surface area contributed by atoms with E-state index in [2.05, 4.69) is 35.2 Å². The average Bonchev–Trinajstić information content (AvgIpc) is 2.67. The van der Waals surface area contributed by atoms with Crippen LogP contribution in [0.25, 0.3) is 0 Å². The Hall–Kier alpha value is -2.04.